The summed E-state index contributed by atoms with van der Waals surface area (Å²) >= 11 is 0. The number of aliphatic carboxylic acids is 1. The first-order valence-corrected chi connectivity index (χ1v) is 14.7. The highest BCUT2D eigenvalue weighted by Crippen LogP contribution is 2.49. The van der Waals surface area contributed by atoms with Gasteiger partial charge in [0.1, 0.15) is 17.7 Å². The van der Waals surface area contributed by atoms with Gasteiger partial charge in [-0.05, 0) is 85.4 Å². The van der Waals surface area contributed by atoms with Gasteiger partial charge in [-0.1, -0.05) is 19.1 Å². The zero-order valence-corrected chi connectivity index (χ0v) is 23.4. The van der Waals surface area contributed by atoms with Crippen LogP contribution < -0.4 is 4.74 Å². The van der Waals surface area contributed by atoms with E-state index in [1.807, 2.05) is 4.90 Å². The Morgan fingerprint density at radius 2 is 1.73 bits per heavy atom. The lowest BCUT2D eigenvalue weighted by Gasteiger charge is -2.51. The Kier molecular flexibility index (Phi) is 7.55. The molecular weight excluding hydrogens is 538 g/mol. The molecule has 5 unspecified atom stereocenters. The van der Waals surface area contributed by atoms with E-state index < -0.39 is 35.5 Å². The van der Waals surface area contributed by atoms with Crippen LogP contribution in [-0.4, -0.2) is 48.4 Å². The Hall–Kier alpha value is -2.65. The summed E-state index contributed by atoms with van der Waals surface area (Å²) in [7, 11) is 0. The molecule has 2 bridgehead atoms. The van der Waals surface area contributed by atoms with Crippen molar-refractivity contribution in [2.45, 2.75) is 63.8 Å². The highest BCUT2D eigenvalue weighted by Gasteiger charge is 2.48. The molecule has 2 aromatic rings. The maximum Gasteiger partial charge on any atom is 0.416 e. The van der Waals surface area contributed by atoms with Gasteiger partial charge in [0.25, 0.3) is 0 Å². The van der Waals surface area contributed by atoms with Crippen LogP contribution in [0.4, 0.5) is 17.6 Å². The van der Waals surface area contributed by atoms with Crippen molar-refractivity contribution < 1.29 is 36.9 Å². The molecule has 3 fully saturated rings. The lowest BCUT2D eigenvalue weighted by Crippen LogP contribution is -2.57. The van der Waals surface area contributed by atoms with E-state index in [1.165, 1.54) is 0 Å². The molecule has 41 heavy (non-hydrogen) atoms. The van der Waals surface area contributed by atoms with E-state index in [1.54, 1.807) is 13.8 Å². The Balaban J connectivity index is 1.21. The van der Waals surface area contributed by atoms with Gasteiger partial charge in [-0.2, -0.15) is 13.2 Å². The zero-order valence-electron chi connectivity index (χ0n) is 23.4. The van der Waals surface area contributed by atoms with Gasteiger partial charge in [-0.3, -0.25) is 9.69 Å². The van der Waals surface area contributed by atoms with Crippen LogP contribution in [-0.2, 0) is 22.1 Å². The number of hydrogen-bond acceptors (Lipinski definition) is 4. The van der Waals surface area contributed by atoms with Crippen molar-refractivity contribution in [1.29, 1.82) is 0 Å². The normalized spacial score (nSPS) is 28.7. The summed E-state index contributed by atoms with van der Waals surface area (Å²) in [4.78, 5) is 13.9. The fourth-order valence-corrected chi connectivity index (χ4v) is 7.72. The number of likely N-dealkylation sites (tertiary alicyclic amines) is 1. The van der Waals surface area contributed by atoms with E-state index in [0.717, 1.165) is 60.8 Å². The molecule has 1 saturated carbocycles. The van der Waals surface area contributed by atoms with E-state index in [2.05, 4.69) is 18.2 Å². The number of halogens is 4. The molecule has 6 rings (SSSR count). The number of carboxylic acid groups (broad SMARTS) is 1. The minimum Gasteiger partial charge on any atom is -0.490 e. The Bertz CT molecular complexity index is 1280. The van der Waals surface area contributed by atoms with Gasteiger partial charge in [0.15, 0.2) is 0 Å². The first-order chi connectivity index (χ1) is 19.5. The molecule has 2 saturated heterocycles. The van der Waals surface area contributed by atoms with Gasteiger partial charge < -0.3 is 14.6 Å². The van der Waals surface area contributed by atoms with Gasteiger partial charge in [0, 0.05) is 36.9 Å². The number of rotatable bonds is 7. The molecule has 0 radical (unpaired) electrons. The SMILES string of the molecule is CC(C(=O)O)C(c1ccc2c(c1)OC(C1[C@@H]3COC[C@H]1CN(C(C)c1cc(F)ccc1C(F)(F)F)C3)CC2)C1CC1. The smallest absolute Gasteiger partial charge is 0.416 e. The topological polar surface area (TPSA) is 59.0 Å². The van der Waals surface area contributed by atoms with Crippen LogP contribution in [0.1, 0.15) is 67.3 Å². The summed E-state index contributed by atoms with van der Waals surface area (Å²) in [6.45, 7) is 5.61. The van der Waals surface area contributed by atoms with Crippen LogP contribution in [0.5, 0.6) is 5.75 Å². The lowest BCUT2D eigenvalue weighted by atomic mass is 9.71. The molecule has 0 aromatic heterocycles. The van der Waals surface area contributed by atoms with E-state index in [-0.39, 0.29) is 35.3 Å². The molecule has 1 aliphatic carbocycles. The number of aryl methyl sites for hydroxylation is 1. The monoisotopic (exact) mass is 575 g/mol. The number of alkyl halides is 3. The van der Waals surface area contributed by atoms with Crippen molar-refractivity contribution in [3.63, 3.8) is 0 Å². The second kappa shape index (κ2) is 10.9. The fourth-order valence-electron chi connectivity index (χ4n) is 7.72. The summed E-state index contributed by atoms with van der Waals surface area (Å²) in [6.07, 6.45) is -0.813. The van der Waals surface area contributed by atoms with Crippen molar-refractivity contribution in [3.05, 3.63) is 64.5 Å². The average molecular weight is 576 g/mol. The maximum absolute atomic E-state index is 14.1. The molecule has 2 aromatic carbocycles. The van der Waals surface area contributed by atoms with E-state index in [9.17, 15) is 27.5 Å². The highest BCUT2D eigenvalue weighted by molar-refractivity contribution is 5.71. The molecule has 7 atom stereocenters. The number of fused-ring (bicyclic) bond motifs is 3. The molecule has 9 heteroatoms. The summed E-state index contributed by atoms with van der Waals surface area (Å²) < 4.78 is 68.0. The van der Waals surface area contributed by atoms with Gasteiger partial charge in [0.05, 0.1) is 24.7 Å². The van der Waals surface area contributed by atoms with Gasteiger partial charge in [-0.15, -0.1) is 0 Å². The van der Waals surface area contributed by atoms with Crippen LogP contribution in [0, 0.1) is 35.4 Å². The third-order valence-corrected chi connectivity index (χ3v) is 9.95. The summed E-state index contributed by atoms with van der Waals surface area (Å²) in [5.41, 5.74) is 1.32. The Morgan fingerprint density at radius 1 is 1.02 bits per heavy atom. The number of hydrogen-bond donors (Lipinski definition) is 1. The molecule has 3 aliphatic heterocycles. The Labute approximate surface area is 237 Å². The van der Waals surface area contributed by atoms with E-state index in [0.29, 0.717) is 32.2 Å². The summed E-state index contributed by atoms with van der Waals surface area (Å²) in [5.74, 6) is -0.411. The number of nitrogens with zero attached hydrogens (tertiary/aromatic N) is 1. The van der Waals surface area contributed by atoms with Crippen LogP contribution in [0.2, 0.25) is 0 Å². The van der Waals surface area contributed by atoms with Gasteiger partial charge in [-0.25, -0.2) is 4.39 Å². The number of carbonyl (C=O) groups is 1. The molecular formula is C32H37F4NO4. The summed E-state index contributed by atoms with van der Waals surface area (Å²) in [5, 5.41) is 9.71. The first-order valence-electron chi connectivity index (χ1n) is 14.7. The number of ether oxygens (including phenoxy) is 2. The third-order valence-electron chi connectivity index (χ3n) is 9.95. The van der Waals surface area contributed by atoms with Crippen molar-refractivity contribution >= 4 is 5.97 Å². The highest BCUT2D eigenvalue weighted by atomic mass is 19.4. The zero-order chi connectivity index (χ0) is 29.1. The molecule has 222 valence electrons. The quantitative estimate of drug-likeness (QED) is 0.372. The van der Waals surface area contributed by atoms with Gasteiger partial charge >= 0.3 is 12.1 Å². The fraction of sp³-hybridized carbons (Fsp3) is 0.594. The molecule has 4 aliphatic rings. The standard InChI is InChI=1S/C32H37F4NO4/c1-17(31(38)39)29(20-4-5-20)21-6-3-19-7-10-27(41-28(19)11-21)30-22-13-37(14-23(30)16-40-15-22)18(2)25-12-24(33)8-9-26(25)32(34,35)36/h3,6,8-9,11-12,17-18,20,22-23,27,29-30H,4-5,7,10,13-16H2,1-2H3,(H,38,39)/t17?,18?,22-,23+,27?,29?,30?. The van der Waals surface area contributed by atoms with E-state index in [4.69, 9.17) is 9.47 Å². The molecule has 5 nitrogen and oxygen atoms in total. The van der Waals surface area contributed by atoms with Crippen LogP contribution in [0.25, 0.3) is 0 Å². The number of piperidine rings is 1. The number of carboxylic acids is 1. The van der Waals surface area contributed by atoms with Crippen molar-refractivity contribution in [1.82, 2.24) is 4.90 Å². The minimum absolute atomic E-state index is 0.0360. The minimum atomic E-state index is -4.56. The van der Waals surface area contributed by atoms with Crippen LogP contribution in [0.15, 0.2) is 36.4 Å². The third kappa shape index (κ3) is 5.59. The Morgan fingerprint density at radius 3 is 2.37 bits per heavy atom. The van der Waals surface area contributed by atoms with Crippen LogP contribution >= 0.6 is 0 Å². The second-order valence-electron chi connectivity index (χ2n) is 12.5. The first kappa shape index (κ1) is 28.5. The van der Waals surface area contributed by atoms with Crippen molar-refractivity contribution in [2.24, 2.45) is 29.6 Å². The lowest BCUT2D eigenvalue weighted by molar-refractivity contribution is -0.142. The maximum atomic E-state index is 14.1. The van der Waals surface area contributed by atoms with Crippen molar-refractivity contribution in [3.8, 4) is 5.75 Å². The predicted molar refractivity (Wildman–Crippen MR) is 144 cm³/mol. The second-order valence-corrected chi connectivity index (χ2v) is 12.5. The molecule has 0 amide bonds. The average Bonchev–Trinajstić information content (AvgIpc) is 3.76. The molecule has 0 spiro atoms. The van der Waals surface area contributed by atoms with Gasteiger partial charge in [0.2, 0.25) is 0 Å². The predicted octanol–water partition coefficient (Wildman–Crippen LogP) is 6.71. The molecule has 3 heterocycles. The molecule has 1 N–H and O–H groups in total. The van der Waals surface area contributed by atoms with Crippen molar-refractivity contribution in [2.75, 3.05) is 26.3 Å². The van der Waals surface area contributed by atoms with Crippen LogP contribution in [0.3, 0.4) is 0 Å². The summed E-state index contributed by atoms with van der Waals surface area (Å²) in [6, 6.07) is 8.32. The largest absolute Gasteiger partial charge is 0.490 e. The van der Waals surface area contributed by atoms with E-state index >= 15 is 0 Å². The number of benzene rings is 2.